The van der Waals surface area contributed by atoms with Crippen LogP contribution in [0.1, 0.15) is 34.6 Å². The highest BCUT2D eigenvalue weighted by Gasteiger charge is 2.41. The maximum Gasteiger partial charge on any atom is 0.322 e. The van der Waals surface area contributed by atoms with E-state index in [2.05, 4.69) is 19.6 Å². The molecule has 118 valence electrons. The van der Waals surface area contributed by atoms with Crippen molar-refractivity contribution in [2.75, 3.05) is 14.2 Å². The molecular formula is C12H25N2O5P. The summed E-state index contributed by atoms with van der Waals surface area (Å²) in [7, 11) is -0.737. The topological polar surface area (TPSA) is 93.7 Å². The zero-order valence-corrected chi connectivity index (χ0v) is 14.0. The number of rotatable bonds is 6. The van der Waals surface area contributed by atoms with Gasteiger partial charge in [-0.1, -0.05) is 20.8 Å². The molecule has 0 aliphatic carbocycles. The van der Waals surface area contributed by atoms with Crippen LogP contribution in [0.25, 0.3) is 0 Å². The van der Waals surface area contributed by atoms with E-state index < -0.39 is 36.6 Å². The average Bonchev–Trinajstić information content (AvgIpc) is 2.34. The summed E-state index contributed by atoms with van der Waals surface area (Å²) in [5.74, 6) is -1.05. The van der Waals surface area contributed by atoms with Gasteiger partial charge in [-0.15, -0.1) is 0 Å². The minimum Gasteiger partial charge on any atom is -0.468 e. The number of carbonyl (C=O) groups excluding carboxylic acids is 2. The largest absolute Gasteiger partial charge is 0.468 e. The lowest BCUT2D eigenvalue weighted by molar-refractivity contribution is -0.142. The van der Waals surface area contributed by atoms with Crippen LogP contribution < -0.4 is 10.2 Å². The normalized spacial score (nSPS) is 15.3. The molecule has 0 rings (SSSR count). The first-order chi connectivity index (χ1) is 8.98. The average molecular weight is 308 g/mol. The van der Waals surface area contributed by atoms with Crippen LogP contribution in [0, 0.1) is 0 Å². The van der Waals surface area contributed by atoms with Crippen LogP contribution >= 0.6 is 7.44 Å². The summed E-state index contributed by atoms with van der Waals surface area (Å²) >= 11 is 0. The van der Waals surface area contributed by atoms with E-state index in [-0.39, 0.29) is 0 Å². The van der Waals surface area contributed by atoms with Gasteiger partial charge in [-0.05, 0) is 13.8 Å². The molecule has 2 N–H and O–H groups in total. The molecule has 8 heteroatoms. The maximum absolute atomic E-state index is 13.1. The SMILES string of the molecule is COC(=O)[C@H](C)NP(=O)(N[C@@H](C)C(=O)OC)C(C)(C)C. The standard InChI is InChI=1S/C12H25N2O5P/c1-8(10(15)18-6)13-20(17,12(3,4)5)14-9(2)11(16)19-7/h8-9H,1-7H3,(H2,13,14,17)/t8-,9-/m0/s1. The van der Waals surface area contributed by atoms with E-state index in [4.69, 9.17) is 0 Å². The second-order valence-corrected chi connectivity index (χ2v) is 8.60. The Hall–Kier alpha value is -0.910. The zero-order valence-electron chi connectivity index (χ0n) is 13.1. The Bertz CT molecular complexity index is 377. The fourth-order valence-corrected chi connectivity index (χ4v) is 3.58. The van der Waals surface area contributed by atoms with E-state index in [1.54, 1.807) is 34.6 Å². The molecule has 0 fully saturated rings. The molecule has 0 radical (unpaired) electrons. The Kier molecular flexibility index (Phi) is 6.87. The van der Waals surface area contributed by atoms with Crippen molar-refractivity contribution >= 4 is 19.4 Å². The third-order valence-electron chi connectivity index (χ3n) is 2.81. The molecule has 0 amide bonds. The summed E-state index contributed by atoms with van der Waals surface area (Å²) < 4.78 is 22.3. The van der Waals surface area contributed by atoms with Gasteiger partial charge in [0.1, 0.15) is 12.1 Å². The number of hydrogen-bond acceptors (Lipinski definition) is 5. The fourth-order valence-electron chi connectivity index (χ4n) is 1.43. The van der Waals surface area contributed by atoms with Gasteiger partial charge in [-0.3, -0.25) is 14.2 Å². The van der Waals surface area contributed by atoms with Crippen LogP contribution in [0.15, 0.2) is 0 Å². The van der Waals surface area contributed by atoms with Gasteiger partial charge in [0, 0.05) is 5.16 Å². The maximum atomic E-state index is 13.1. The molecular weight excluding hydrogens is 283 g/mol. The number of esters is 2. The molecule has 0 aliphatic rings. The van der Waals surface area contributed by atoms with Crippen LogP contribution in [0.5, 0.6) is 0 Å². The molecule has 0 aliphatic heterocycles. The summed E-state index contributed by atoms with van der Waals surface area (Å²) in [6.07, 6.45) is 0. The second kappa shape index (κ2) is 7.20. The Morgan fingerprint density at radius 1 is 0.950 bits per heavy atom. The second-order valence-electron chi connectivity index (χ2n) is 5.53. The quantitative estimate of drug-likeness (QED) is 0.564. The molecule has 0 heterocycles. The number of nitrogens with one attached hydrogen (secondary N) is 2. The van der Waals surface area contributed by atoms with E-state index in [9.17, 15) is 14.2 Å². The van der Waals surface area contributed by atoms with Crippen molar-refractivity contribution in [1.82, 2.24) is 10.2 Å². The number of methoxy groups -OCH3 is 2. The Balaban J connectivity index is 5.19. The first-order valence-electron chi connectivity index (χ1n) is 6.30. The number of carbonyl (C=O) groups is 2. The van der Waals surface area contributed by atoms with E-state index in [0.717, 1.165) is 0 Å². The van der Waals surface area contributed by atoms with Gasteiger partial charge in [0.25, 0.3) is 0 Å². The molecule has 0 bridgehead atoms. The van der Waals surface area contributed by atoms with Gasteiger partial charge < -0.3 is 9.47 Å². The molecule has 2 atom stereocenters. The number of hydrogen-bond donors (Lipinski definition) is 2. The smallest absolute Gasteiger partial charge is 0.322 e. The predicted octanol–water partition coefficient (Wildman–Crippen LogP) is 1.28. The van der Waals surface area contributed by atoms with E-state index in [0.29, 0.717) is 0 Å². The summed E-state index contributed by atoms with van der Waals surface area (Å²) in [6, 6.07) is -1.52. The van der Waals surface area contributed by atoms with Crippen LogP contribution in [-0.4, -0.2) is 43.4 Å². The van der Waals surface area contributed by atoms with Crippen molar-refractivity contribution in [3.8, 4) is 0 Å². The fraction of sp³-hybridized carbons (Fsp3) is 0.833. The molecule has 0 saturated carbocycles. The van der Waals surface area contributed by atoms with Gasteiger partial charge in [0.05, 0.1) is 14.2 Å². The minimum atomic E-state index is -3.25. The van der Waals surface area contributed by atoms with E-state index in [1.807, 2.05) is 0 Å². The summed E-state index contributed by atoms with van der Waals surface area (Å²) in [5, 5.41) is 4.82. The van der Waals surface area contributed by atoms with Crippen LogP contribution in [0.4, 0.5) is 0 Å². The van der Waals surface area contributed by atoms with Gasteiger partial charge in [-0.2, -0.15) is 0 Å². The third kappa shape index (κ3) is 4.89. The molecule has 7 nitrogen and oxygen atoms in total. The van der Waals surface area contributed by atoms with E-state index in [1.165, 1.54) is 14.2 Å². The van der Waals surface area contributed by atoms with Gasteiger partial charge in [0.15, 0.2) is 0 Å². The molecule has 0 aromatic carbocycles. The Labute approximate surface area is 120 Å². The monoisotopic (exact) mass is 308 g/mol. The Morgan fingerprint density at radius 2 is 1.25 bits per heavy atom. The van der Waals surface area contributed by atoms with Crippen molar-refractivity contribution in [2.24, 2.45) is 0 Å². The first kappa shape index (κ1) is 19.1. The van der Waals surface area contributed by atoms with Crippen molar-refractivity contribution in [2.45, 2.75) is 51.9 Å². The highest BCUT2D eigenvalue weighted by Crippen LogP contribution is 2.51. The van der Waals surface area contributed by atoms with Crippen molar-refractivity contribution in [1.29, 1.82) is 0 Å². The zero-order chi connectivity index (χ0) is 16.1. The molecule has 0 aromatic rings. The van der Waals surface area contributed by atoms with Gasteiger partial charge >= 0.3 is 11.9 Å². The summed E-state index contributed by atoms with van der Waals surface area (Å²) in [5.41, 5.74) is 0. The van der Waals surface area contributed by atoms with Crippen molar-refractivity contribution in [3.63, 3.8) is 0 Å². The van der Waals surface area contributed by atoms with Crippen LogP contribution in [-0.2, 0) is 23.6 Å². The molecule has 20 heavy (non-hydrogen) atoms. The molecule has 0 saturated heterocycles. The van der Waals surface area contributed by atoms with Crippen LogP contribution in [0.3, 0.4) is 0 Å². The van der Waals surface area contributed by atoms with Gasteiger partial charge in [-0.25, -0.2) is 10.2 Å². The lowest BCUT2D eigenvalue weighted by Crippen LogP contribution is -2.46. The third-order valence-corrected chi connectivity index (χ3v) is 6.20. The summed E-state index contributed by atoms with van der Waals surface area (Å²) in [6.45, 7) is 8.36. The van der Waals surface area contributed by atoms with Crippen LogP contribution in [0.2, 0.25) is 0 Å². The minimum absolute atomic E-state index is 0.526. The van der Waals surface area contributed by atoms with E-state index >= 15 is 0 Å². The highest BCUT2D eigenvalue weighted by molar-refractivity contribution is 7.61. The molecule has 0 aromatic heterocycles. The predicted molar refractivity (Wildman–Crippen MR) is 76.6 cm³/mol. The molecule has 0 spiro atoms. The lowest BCUT2D eigenvalue weighted by Gasteiger charge is -2.35. The molecule has 0 unspecified atom stereocenters. The Morgan fingerprint density at radius 3 is 1.45 bits per heavy atom. The lowest BCUT2D eigenvalue weighted by atomic mass is 10.3. The summed E-state index contributed by atoms with van der Waals surface area (Å²) in [4.78, 5) is 22.9. The van der Waals surface area contributed by atoms with Crippen molar-refractivity contribution in [3.05, 3.63) is 0 Å². The first-order valence-corrected chi connectivity index (χ1v) is 8.00. The highest BCUT2D eigenvalue weighted by atomic mass is 31.2. The van der Waals surface area contributed by atoms with Gasteiger partial charge in [0.2, 0.25) is 7.44 Å². The van der Waals surface area contributed by atoms with Crippen molar-refractivity contribution < 1.29 is 23.6 Å². The number of ether oxygens (including phenoxy) is 2.